The molecule has 4 fully saturated rings. The summed E-state index contributed by atoms with van der Waals surface area (Å²) < 4.78 is 45.1. The minimum absolute atomic E-state index is 0.0514. The molecular formula is C53H83N5O16. The Hall–Kier alpha value is -4.00. The quantitative estimate of drug-likeness (QED) is 0.126. The summed E-state index contributed by atoms with van der Waals surface area (Å²) in [5, 5.41) is 67.9. The zero-order chi connectivity index (χ0) is 54.8. The standard InChI is InChI=1S/C53H83N5O16/c1-14-40-53(11,67)45(62)30(4)42(60)28(2)23-51(9,66)47(31(5)44(32(6)48(64)72-40)73-41-24-52(10,68-13)46(63)34(8)70-41)74-49-43(61)39(22-29(3)69-49)56(12)21-15-16-36-25-57(55-54-36)26-38-27-58(50(65)71-38)37-19-17-35(18-20-37)33(7)59/h17-20,25,28-32,34,38-41,43-47,49,61-63,66-67H,14-16,21-24,26-27H2,1-13H3/t28-,29-,30+,31+,32-,34+,38+,39+,40-,41+,43-,44+,45-,46+,47-,49+,51-,52-,53?/m1/s1. The second-order valence-corrected chi connectivity index (χ2v) is 22.2. The molecule has 1 unspecified atom stereocenters. The van der Waals surface area contributed by atoms with Crippen LogP contribution in [0.5, 0.6) is 0 Å². The smallest absolute Gasteiger partial charge is 0.414 e. The molecule has 0 bridgehead atoms. The summed E-state index contributed by atoms with van der Waals surface area (Å²) in [7, 11) is 3.37. The monoisotopic (exact) mass is 1050 g/mol. The van der Waals surface area contributed by atoms with Gasteiger partial charge in [-0.2, -0.15) is 0 Å². The van der Waals surface area contributed by atoms with Crippen molar-refractivity contribution in [3.05, 3.63) is 41.7 Å². The normalized spacial score (nSPS) is 39.9. The highest BCUT2D eigenvalue weighted by molar-refractivity contribution is 5.95. The van der Waals surface area contributed by atoms with Crippen LogP contribution < -0.4 is 4.90 Å². The Balaban J connectivity index is 1.19. The Morgan fingerprint density at radius 1 is 0.919 bits per heavy atom. The number of Topliss-reactive ketones (excluding diaryl/α,β-unsaturated/α-hetero) is 2. The summed E-state index contributed by atoms with van der Waals surface area (Å²) in [5.41, 5.74) is -3.13. The van der Waals surface area contributed by atoms with Gasteiger partial charge >= 0.3 is 12.1 Å². The number of aryl methyl sites for hydroxylation is 1. The number of benzene rings is 1. The van der Waals surface area contributed by atoms with Gasteiger partial charge in [-0.25, -0.2) is 9.48 Å². The highest BCUT2D eigenvalue weighted by atomic mass is 16.7. The van der Waals surface area contributed by atoms with Gasteiger partial charge < -0.3 is 63.6 Å². The summed E-state index contributed by atoms with van der Waals surface area (Å²) >= 11 is 0. The molecule has 74 heavy (non-hydrogen) atoms. The average Bonchev–Trinajstić information content (AvgIpc) is 3.96. The highest BCUT2D eigenvalue weighted by Gasteiger charge is 2.54. The number of hydrogen-bond acceptors (Lipinski definition) is 19. The van der Waals surface area contributed by atoms with Gasteiger partial charge in [-0.05, 0) is 118 Å². The number of ether oxygens (including phenoxy) is 7. The van der Waals surface area contributed by atoms with Crippen molar-refractivity contribution in [1.29, 1.82) is 0 Å². The van der Waals surface area contributed by atoms with Gasteiger partial charge in [0.25, 0.3) is 0 Å². The Morgan fingerprint density at radius 2 is 1.59 bits per heavy atom. The zero-order valence-corrected chi connectivity index (χ0v) is 45.5. The van der Waals surface area contributed by atoms with Crippen LogP contribution >= 0.6 is 0 Å². The number of esters is 1. The molecule has 0 spiro atoms. The molecule has 19 atom stereocenters. The first-order valence-electron chi connectivity index (χ1n) is 26.2. The maximum atomic E-state index is 14.4. The van der Waals surface area contributed by atoms with Crippen LogP contribution in [-0.2, 0) is 55.7 Å². The molecule has 0 radical (unpaired) electrons. The molecule has 0 saturated carbocycles. The Kier molecular flexibility index (Phi) is 19.3. The van der Waals surface area contributed by atoms with Crippen LogP contribution in [-0.4, -0.2) is 187 Å². The van der Waals surface area contributed by atoms with Crippen molar-refractivity contribution >= 4 is 29.3 Å². The first-order chi connectivity index (χ1) is 34.6. The lowest BCUT2D eigenvalue weighted by molar-refractivity contribution is -0.318. The number of aliphatic hydroxyl groups is 5. The van der Waals surface area contributed by atoms with E-state index in [-0.39, 0.29) is 25.0 Å². The Labute approximate surface area is 435 Å². The summed E-state index contributed by atoms with van der Waals surface area (Å²) in [6, 6.07) is 6.31. The third-order valence-corrected chi connectivity index (χ3v) is 16.1. The number of aliphatic hydroxyl groups excluding tert-OH is 3. The number of nitrogens with zero attached hydrogens (tertiary/aromatic N) is 5. The number of methoxy groups -OCH3 is 1. The molecule has 0 aliphatic carbocycles. The number of rotatable bonds is 15. The maximum Gasteiger partial charge on any atom is 0.414 e. The fourth-order valence-electron chi connectivity index (χ4n) is 11.5. The van der Waals surface area contributed by atoms with E-state index in [1.807, 2.05) is 25.1 Å². The van der Waals surface area contributed by atoms with Crippen molar-refractivity contribution < 1.29 is 77.9 Å². The molecule has 6 rings (SSSR count). The molecule has 416 valence electrons. The van der Waals surface area contributed by atoms with Crippen molar-refractivity contribution in [2.75, 3.05) is 32.1 Å². The Bertz CT molecular complexity index is 2230. The SMILES string of the molecule is CC[C@H]1OC(=O)[C@H](C)[C@@H](O[C@H]2C[C@@](C)(OC)[C@@H](O)[C@H](C)O2)[C@H](C)[C@@H](O[C@@H]2O[C@H](C)C[C@H](N(C)CCCc3cn(C[C@H]4CN(c5ccc(C(C)=O)cc5)C(=O)O4)nn3)[C@H]2O)[C@](C)(O)C[C@@H](C)C(=O)[C@H](C)[C@@H](O)C1(C)O. The number of hydrogen-bond donors (Lipinski definition) is 5. The van der Waals surface area contributed by atoms with Crippen LogP contribution in [0.4, 0.5) is 10.5 Å². The average molecular weight is 1050 g/mol. The molecule has 5 heterocycles. The van der Waals surface area contributed by atoms with E-state index >= 15 is 0 Å². The lowest BCUT2D eigenvalue weighted by Gasteiger charge is -2.49. The molecule has 1 aromatic carbocycles. The lowest BCUT2D eigenvalue weighted by atomic mass is 9.74. The van der Waals surface area contributed by atoms with E-state index in [0.29, 0.717) is 50.1 Å². The van der Waals surface area contributed by atoms with Gasteiger partial charge in [-0.15, -0.1) is 5.10 Å². The van der Waals surface area contributed by atoms with E-state index < -0.39 is 132 Å². The van der Waals surface area contributed by atoms with E-state index in [4.69, 9.17) is 33.2 Å². The van der Waals surface area contributed by atoms with Gasteiger partial charge in [0, 0.05) is 54.8 Å². The molecule has 2 aromatic rings. The number of ketones is 2. The second kappa shape index (κ2) is 24.1. The molecule has 4 aliphatic rings. The van der Waals surface area contributed by atoms with E-state index in [9.17, 15) is 44.7 Å². The van der Waals surface area contributed by atoms with Crippen LogP contribution in [0.15, 0.2) is 30.5 Å². The predicted molar refractivity (Wildman–Crippen MR) is 268 cm³/mol. The number of anilines is 1. The molecular weight excluding hydrogens is 963 g/mol. The minimum atomic E-state index is -2.04. The second-order valence-electron chi connectivity index (χ2n) is 22.2. The summed E-state index contributed by atoms with van der Waals surface area (Å²) in [5.74, 6) is -5.38. The third-order valence-electron chi connectivity index (χ3n) is 16.1. The molecule has 1 amide bonds. The van der Waals surface area contributed by atoms with Crippen LogP contribution in [0.2, 0.25) is 0 Å². The molecule has 4 saturated heterocycles. The van der Waals surface area contributed by atoms with E-state index in [0.717, 1.165) is 5.69 Å². The highest BCUT2D eigenvalue weighted by Crippen LogP contribution is 2.41. The third kappa shape index (κ3) is 13.2. The van der Waals surface area contributed by atoms with Crippen LogP contribution in [0.3, 0.4) is 0 Å². The number of carbonyl (C=O) groups is 4. The van der Waals surface area contributed by atoms with Crippen molar-refractivity contribution in [2.45, 2.75) is 212 Å². The molecule has 21 nitrogen and oxygen atoms in total. The predicted octanol–water partition coefficient (Wildman–Crippen LogP) is 3.61. The summed E-state index contributed by atoms with van der Waals surface area (Å²) in [6.07, 6.45) is -8.68. The van der Waals surface area contributed by atoms with Gasteiger partial charge in [-0.3, -0.25) is 19.3 Å². The van der Waals surface area contributed by atoms with Gasteiger partial charge in [0.05, 0.1) is 66.4 Å². The van der Waals surface area contributed by atoms with Gasteiger partial charge in [0.2, 0.25) is 0 Å². The van der Waals surface area contributed by atoms with Crippen LogP contribution in [0.25, 0.3) is 0 Å². The first-order valence-corrected chi connectivity index (χ1v) is 26.2. The number of likely N-dealkylation sites (N-methyl/N-ethyl adjacent to an activating group) is 1. The van der Waals surface area contributed by atoms with Gasteiger partial charge in [-0.1, -0.05) is 32.9 Å². The number of carbonyl (C=O) groups excluding carboxylic acids is 4. The van der Waals surface area contributed by atoms with E-state index in [2.05, 4.69) is 10.3 Å². The fourth-order valence-corrected chi connectivity index (χ4v) is 11.5. The zero-order valence-electron chi connectivity index (χ0n) is 45.5. The molecule has 4 aliphatic heterocycles. The summed E-state index contributed by atoms with van der Waals surface area (Å²) in [4.78, 5) is 56.5. The van der Waals surface area contributed by atoms with Crippen LogP contribution in [0.1, 0.15) is 124 Å². The first kappa shape index (κ1) is 59.2. The lowest BCUT2D eigenvalue weighted by Crippen LogP contribution is -2.61. The van der Waals surface area contributed by atoms with Crippen LogP contribution in [0, 0.1) is 23.7 Å². The van der Waals surface area contributed by atoms with Crippen molar-refractivity contribution in [1.82, 2.24) is 19.9 Å². The maximum absolute atomic E-state index is 14.4. The number of amides is 1. The van der Waals surface area contributed by atoms with Crippen molar-refractivity contribution in [3.8, 4) is 0 Å². The van der Waals surface area contributed by atoms with E-state index in [1.165, 1.54) is 39.7 Å². The largest absolute Gasteiger partial charge is 0.459 e. The number of aromatic nitrogens is 3. The topological polar surface area (TPSA) is 271 Å². The minimum Gasteiger partial charge on any atom is -0.459 e. The molecule has 5 N–H and O–H groups in total. The summed E-state index contributed by atoms with van der Waals surface area (Å²) in [6.45, 7) is 18.8. The van der Waals surface area contributed by atoms with Gasteiger partial charge in [0.1, 0.15) is 35.8 Å². The van der Waals surface area contributed by atoms with Crippen molar-refractivity contribution in [3.63, 3.8) is 0 Å². The molecule has 1 aromatic heterocycles. The van der Waals surface area contributed by atoms with Crippen molar-refractivity contribution in [2.24, 2.45) is 23.7 Å². The van der Waals surface area contributed by atoms with Gasteiger partial charge in [0.15, 0.2) is 18.4 Å². The molecule has 21 heteroatoms. The number of cyclic esters (lactones) is 2. The Morgan fingerprint density at radius 3 is 2.23 bits per heavy atom. The van der Waals surface area contributed by atoms with E-state index in [1.54, 1.807) is 70.5 Å². The fraction of sp³-hybridized carbons (Fsp3) is 0.774.